The van der Waals surface area contributed by atoms with Crippen LogP contribution in [0.15, 0.2) is 45.5 Å². The lowest BCUT2D eigenvalue weighted by Crippen LogP contribution is -2.35. The van der Waals surface area contributed by atoms with Crippen LogP contribution in [0.5, 0.6) is 0 Å². The molecular formula is C15H17BrN2O2. The lowest BCUT2D eigenvalue weighted by atomic mass is 10.0. The minimum Gasteiger partial charge on any atom is -0.452 e. The van der Waals surface area contributed by atoms with Crippen LogP contribution in [-0.4, -0.2) is 17.9 Å². The molecule has 1 heterocycles. The van der Waals surface area contributed by atoms with Gasteiger partial charge in [-0.05, 0) is 40.5 Å². The third kappa shape index (κ3) is 3.49. The van der Waals surface area contributed by atoms with Gasteiger partial charge >= 0.3 is 0 Å². The number of carbonyl (C=O) groups excluding carboxylic acids is 1. The molecule has 0 aliphatic rings. The highest BCUT2D eigenvalue weighted by Gasteiger charge is 2.20. The summed E-state index contributed by atoms with van der Waals surface area (Å²) in [5.74, 6) is 0.574. The molecule has 0 aliphatic carbocycles. The van der Waals surface area contributed by atoms with Crippen molar-refractivity contribution in [2.24, 2.45) is 5.73 Å². The van der Waals surface area contributed by atoms with Gasteiger partial charge in [-0.1, -0.05) is 29.8 Å². The molecule has 0 fully saturated rings. The summed E-state index contributed by atoms with van der Waals surface area (Å²) in [6, 6.07) is 10.6. The van der Waals surface area contributed by atoms with Gasteiger partial charge in [-0.15, -0.1) is 0 Å². The number of furan rings is 1. The van der Waals surface area contributed by atoms with Gasteiger partial charge in [0, 0.05) is 7.05 Å². The van der Waals surface area contributed by atoms with Crippen LogP contribution in [0.1, 0.15) is 22.9 Å². The Kier molecular flexibility index (Phi) is 4.62. The fraction of sp³-hybridized carbons (Fsp3) is 0.267. The SMILES string of the molecule is Cc1ccc(C(N)C(=O)N(C)Cc2ccc(Br)o2)cc1. The van der Waals surface area contributed by atoms with Gasteiger partial charge in [0.2, 0.25) is 5.91 Å². The smallest absolute Gasteiger partial charge is 0.244 e. The number of amides is 1. The molecule has 106 valence electrons. The van der Waals surface area contributed by atoms with Gasteiger partial charge in [0.25, 0.3) is 0 Å². The van der Waals surface area contributed by atoms with Crippen molar-refractivity contribution < 1.29 is 9.21 Å². The average molecular weight is 337 g/mol. The van der Waals surface area contributed by atoms with Crippen molar-refractivity contribution in [3.63, 3.8) is 0 Å². The Morgan fingerprint density at radius 1 is 1.30 bits per heavy atom. The molecule has 0 spiro atoms. The lowest BCUT2D eigenvalue weighted by Gasteiger charge is -2.20. The Balaban J connectivity index is 2.04. The third-order valence-electron chi connectivity index (χ3n) is 3.10. The summed E-state index contributed by atoms with van der Waals surface area (Å²) in [6.07, 6.45) is 0. The van der Waals surface area contributed by atoms with Crippen molar-refractivity contribution in [3.8, 4) is 0 Å². The number of halogens is 1. The Morgan fingerprint density at radius 2 is 1.95 bits per heavy atom. The largest absolute Gasteiger partial charge is 0.452 e. The Morgan fingerprint density at radius 3 is 2.50 bits per heavy atom. The Hall–Kier alpha value is -1.59. The van der Waals surface area contributed by atoms with E-state index in [1.165, 1.54) is 0 Å². The number of carbonyl (C=O) groups is 1. The Labute approximate surface area is 126 Å². The van der Waals surface area contributed by atoms with Crippen LogP contribution in [0, 0.1) is 6.92 Å². The van der Waals surface area contributed by atoms with Crippen LogP contribution in [0.2, 0.25) is 0 Å². The monoisotopic (exact) mass is 336 g/mol. The van der Waals surface area contributed by atoms with Crippen molar-refractivity contribution in [2.75, 3.05) is 7.05 Å². The van der Waals surface area contributed by atoms with Crippen LogP contribution in [0.3, 0.4) is 0 Å². The summed E-state index contributed by atoms with van der Waals surface area (Å²) in [5, 5.41) is 0. The van der Waals surface area contributed by atoms with Crippen LogP contribution in [0.25, 0.3) is 0 Å². The molecule has 5 heteroatoms. The first-order valence-electron chi connectivity index (χ1n) is 6.28. The minimum absolute atomic E-state index is 0.138. The van der Waals surface area contributed by atoms with Crippen molar-refractivity contribution in [3.05, 3.63) is 58.0 Å². The summed E-state index contributed by atoms with van der Waals surface area (Å²) in [6.45, 7) is 2.39. The molecule has 4 nitrogen and oxygen atoms in total. The quantitative estimate of drug-likeness (QED) is 0.933. The maximum atomic E-state index is 12.3. The van der Waals surface area contributed by atoms with E-state index in [2.05, 4.69) is 15.9 Å². The minimum atomic E-state index is -0.654. The highest BCUT2D eigenvalue weighted by molar-refractivity contribution is 9.10. The summed E-state index contributed by atoms with van der Waals surface area (Å²) in [7, 11) is 1.72. The zero-order valence-corrected chi connectivity index (χ0v) is 13.1. The van der Waals surface area contributed by atoms with E-state index in [4.69, 9.17) is 10.2 Å². The standard InChI is InChI=1S/C15H17BrN2O2/c1-10-3-5-11(6-4-10)14(17)15(19)18(2)9-12-7-8-13(16)20-12/h3-8,14H,9,17H2,1-2H3. The van der Waals surface area contributed by atoms with E-state index in [-0.39, 0.29) is 5.91 Å². The first-order valence-corrected chi connectivity index (χ1v) is 7.08. The second kappa shape index (κ2) is 6.24. The van der Waals surface area contributed by atoms with Crippen LogP contribution in [0.4, 0.5) is 0 Å². The summed E-state index contributed by atoms with van der Waals surface area (Å²) < 4.78 is 6.04. The van der Waals surface area contributed by atoms with Gasteiger partial charge in [0.05, 0.1) is 6.54 Å². The zero-order valence-electron chi connectivity index (χ0n) is 11.5. The molecule has 1 amide bonds. The number of likely N-dealkylation sites (N-methyl/N-ethyl adjacent to an activating group) is 1. The van der Waals surface area contributed by atoms with Gasteiger partial charge in [-0.3, -0.25) is 4.79 Å². The highest BCUT2D eigenvalue weighted by atomic mass is 79.9. The number of nitrogens with zero attached hydrogens (tertiary/aromatic N) is 1. The predicted molar refractivity (Wildman–Crippen MR) is 81.0 cm³/mol. The number of rotatable bonds is 4. The van der Waals surface area contributed by atoms with Crippen molar-refractivity contribution >= 4 is 21.8 Å². The van der Waals surface area contributed by atoms with Crippen molar-refractivity contribution in [1.29, 1.82) is 0 Å². The fourth-order valence-corrected chi connectivity index (χ4v) is 2.24. The molecular weight excluding hydrogens is 320 g/mol. The van der Waals surface area contributed by atoms with E-state index in [0.29, 0.717) is 17.0 Å². The van der Waals surface area contributed by atoms with Crippen LogP contribution < -0.4 is 5.73 Å². The average Bonchev–Trinajstić information content (AvgIpc) is 2.83. The van der Waals surface area contributed by atoms with Gasteiger partial charge in [-0.2, -0.15) is 0 Å². The molecule has 1 aromatic heterocycles. The fourth-order valence-electron chi connectivity index (χ4n) is 1.90. The third-order valence-corrected chi connectivity index (χ3v) is 3.53. The van der Waals surface area contributed by atoms with E-state index in [1.54, 1.807) is 18.0 Å². The van der Waals surface area contributed by atoms with Gasteiger partial charge in [-0.25, -0.2) is 0 Å². The number of nitrogens with two attached hydrogens (primary N) is 1. The van der Waals surface area contributed by atoms with Gasteiger partial charge in [0.15, 0.2) is 4.67 Å². The van der Waals surface area contributed by atoms with E-state index < -0.39 is 6.04 Å². The topological polar surface area (TPSA) is 59.5 Å². The first-order chi connectivity index (χ1) is 9.47. The number of hydrogen-bond acceptors (Lipinski definition) is 3. The molecule has 2 N–H and O–H groups in total. The molecule has 1 unspecified atom stereocenters. The van der Waals surface area contributed by atoms with E-state index >= 15 is 0 Å². The maximum Gasteiger partial charge on any atom is 0.244 e. The van der Waals surface area contributed by atoms with Gasteiger partial charge in [0.1, 0.15) is 11.8 Å². The molecule has 0 saturated heterocycles. The molecule has 2 aromatic rings. The molecule has 0 bridgehead atoms. The lowest BCUT2D eigenvalue weighted by molar-refractivity contribution is -0.132. The molecule has 0 radical (unpaired) electrons. The number of hydrogen-bond donors (Lipinski definition) is 1. The summed E-state index contributed by atoms with van der Waals surface area (Å²) in [4.78, 5) is 13.9. The molecule has 20 heavy (non-hydrogen) atoms. The Bertz CT molecular complexity index is 592. The molecule has 0 aliphatic heterocycles. The second-order valence-electron chi connectivity index (χ2n) is 4.79. The summed E-state index contributed by atoms with van der Waals surface area (Å²) >= 11 is 3.24. The second-order valence-corrected chi connectivity index (χ2v) is 5.57. The van der Waals surface area contributed by atoms with Crippen LogP contribution >= 0.6 is 15.9 Å². The molecule has 1 atom stereocenters. The van der Waals surface area contributed by atoms with E-state index in [0.717, 1.165) is 11.1 Å². The highest BCUT2D eigenvalue weighted by Crippen LogP contribution is 2.18. The van der Waals surface area contributed by atoms with E-state index in [1.807, 2.05) is 37.3 Å². The maximum absolute atomic E-state index is 12.3. The normalized spacial score (nSPS) is 12.2. The zero-order chi connectivity index (χ0) is 14.7. The predicted octanol–water partition coefficient (Wildman–Crippen LogP) is 3.01. The molecule has 1 aromatic carbocycles. The van der Waals surface area contributed by atoms with E-state index in [9.17, 15) is 4.79 Å². The molecule has 2 rings (SSSR count). The van der Waals surface area contributed by atoms with Gasteiger partial charge < -0.3 is 15.1 Å². The van der Waals surface area contributed by atoms with Crippen molar-refractivity contribution in [1.82, 2.24) is 4.90 Å². The summed E-state index contributed by atoms with van der Waals surface area (Å²) in [5.41, 5.74) is 7.97. The first kappa shape index (κ1) is 14.8. The molecule has 0 saturated carbocycles. The van der Waals surface area contributed by atoms with Crippen molar-refractivity contribution in [2.45, 2.75) is 19.5 Å². The van der Waals surface area contributed by atoms with Crippen LogP contribution in [-0.2, 0) is 11.3 Å². The number of benzene rings is 1. The number of aryl methyl sites for hydroxylation is 1.